The third-order valence-electron chi connectivity index (χ3n) is 5.34. The van der Waals surface area contributed by atoms with Crippen LogP contribution in [0.15, 0.2) is 53.3 Å². The van der Waals surface area contributed by atoms with Gasteiger partial charge in [-0.3, -0.25) is 9.20 Å². The van der Waals surface area contributed by atoms with Crippen LogP contribution in [-0.2, 0) is 5.92 Å². The van der Waals surface area contributed by atoms with Crippen LogP contribution in [0.2, 0.25) is 0 Å². The molecule has 0 unspecified atom stereocenters. The molecule has 4 aromatic heterocycles. The van der Waals surface area contributed by atoms with Crippen molar-refractivity contribution in [3.05, 3.63) is 60.2 Å². The zero-order valence-electron chi connectivity index (χ0n) is 17.5. The summed E-state index contributed by atoms with van der Waals surface area (Å²) >= 11 is 0. The second-order valence-electron chi connectivity index (χ2n) is 7.33. The highest BCUT2D eigenvalue weighted by molar-refractivity contribution is 5.97. The van der Waals surface area contributed by atoms with Crippen LogP contribution in [0.4, 0.5) is 22.0 Å². The van der Waals surface area contributed by atoms with Crippen molar-refractivity contribution in [1.29, 1.82) is 0 Å². The molecule has 0 aliphatic carbocycles. The van der Waals surface area contributed by atoms with E-state index in [1.54, 1.807) is 0 Å². The van der Waals surface area contributed by atoms with E-state index in [4.69, 9.17) is 9.15 Å². The van der Waals surface area contributed by atoms with Gasteiger partial charge >= 0.3 is 12.1 Å². The monoisotopic (exact) mass is 489 g/mol. The zero-order chi connectivity index (χ0) is 25.0. The molecule has 178 valence electrons. The summed E-state index contributed by atoms with van der Waals surface area (Å²) in [5.41, 5.74) is -1.77. The van der Waals surface area contributed by atoms with Crippen molar-refractivity contribution in [2.24, 2.45) is 0 Å². The van der Waals surface area contributed by atoms with Gasteiger partial charge < -0.3 is 9.15 Å². The fourth-order valence-corrected chi connectivity index (χ4v) is 3.68. The molecule has 0 spiro atoms. The van der Waals surface area contributed by atoms with Gasteiger partial charge in [-0.2, -0.15) is 22.0 Å². The second-order valence-corrected chi connectivity index (χ2v) is 7.33. The Morgan fingerprint density at radius 1 is 1.03 bits per heavy atom. The number of hydrogen-bond acceptors (Lipinski definition) is 7. The zero-order valence-corrected chi connectivity index (χ0v) is 17.5. The van der Waals surface area contributed by atoms with Crippen LogP contribution in [0, 0.1) is 0 Å². The third-order valence-corrected chi connectivity index (χ3v) is 5.34. The van der Waals surface area contributed by atoms with E-state index >= 15 is 0 Å². The molecule has 0 saturated heterocycles. The number of aldehydes is 1. The largest absolute Gasteiger partial charge is 0.497 e. The van der Waals surface area contributed by atoms with Crippen LogP contribution >= 0.6 is 0 Å². The molecule has 0 radical (unpaired) electrons. The summed E-state index contributed by atoms with van der Waals surface area (Å²) in [6.07, 6.45) is -4.56. The lowest BCUT2D eigenvalue weighted by Crippen LogP contribution is -2.34. The number of ether oxygens (including phenoxy) is 1. The Kier molecular flexibility index (Phi) is 5.00. The molecule has 0 bridgehead atoms. The number of carbonyl (C=O) groups is 1. The Balaban J connectivity index is 1.90. The molecule has 35 heavy (non-hydrogen) atoms. The predicted molar refractivity (Wildman–Crippen MR) is 111 cm³/mol. The summed E-state index contributed by atoms with van der Waals surface area (Å²) in [4.78, 5) is 19.9. The number of nitrogens with zero attached hydrogens (tertiary/aromatic N) is 5. The van der Waals surface area contributed by atoms with Gasteiger partial charge in [0.05, 0.1) is 7.11 Å². The third kappa shape index (κ3) is 3.47. The average molecular weight is 489 g/mol. The molecule has 0 aliphatic rings. The molecule has 0 amide bonds. The van der Waals surface area contributed by atoms with Gasteiger partial charge in [0.25, 0.3) is 5.89 Å². The van der Waals surface area contributed by atoms with Crippen molar-refractivity contribution in [1.82, 2.24) is 24.6 Å². The van der Waals surface area contributed by atoms with E-state index in [0.717, 1.165) is 10.8 Å². The molecule has 0 atom stereocenters. The maximum absolute atomic E-state index is 14.5. The summed E-state index contributed by atoms with van der Waals surface area (Å²) in [5, 5.41) is 7.40. The van der Waals surface area contributed by atoms with Crippen molar-refractivity contribution in [2.45, 2.75) is 12.1 Å². The number of fused-ring (bicyclic) bond motifs is 3. The number of rotatable bonds is 5. The van der Waals surface area contributed by atoms with Gasteiger partial charge in [-0.25, -0.2) is 9.97 Å². The van der Waals surface area contributed by atoms with Crippen LogP contribution < -0.4 is 4.74 Å². The number of imidazole rings is 1. The summed E-state index contributed by atoms with van der Waals surface area (Å²) < 4.78 is 80.1. The lowest BCUT2D eigenvalue weighted by Gasteiger charge is -2.21. The van der Waals surface area contributed by atoms with E-state index in [1.165, 1.54) is 43.5 Å². The molecule has 0 aliphatic heterocycles. The second kappa shape index (κ2) is 7.82. The van der Waals surface area contributed by atoms with Crippen LogP contribution in [0.1, 0.15) is 16.2 Å². The molecule has 0 saturated carbocycles. The lowest BCUT2D eigenvalue weighted by molar-refractivity contribution is -0.290. The minimum absolute atomic E-state index is 0.0309. The van der Waals surface area contributed by atoms with E-state index in [2.05, 4.69) is 20.2 Å². The Morgan fingerprint density at radius 2 is 1.77 bits per heavy atom. The highest BCUT2D eigenvalue weighted by Crippen LogP contribution is 2.45. The number of carbonyl (C=O) groups excluding carboxylic acids is 1. The first kappa shape index (κ1) is 22.4. The molecule has 4 heterocycles. The number of alkyl halides is 5. The fraction of sp³-hybridized carbons (Fsp3) is 0.136. The summed E-state index contributed by atoms with van der Waals surface area (Å²) in [5.74, 6) is -4.96. The first-order valence-electron chi connectivity index (χ1n) is 9.83. The number of halogens is 5. The Hall–Kier alpha value is -4.42. The van der Waals surface area contributed by atoms with E-state index in [1.807, 2.05) is 0 Å². The first-order chi connectivity index (χ1) is 16.7. The van der Waals surface area contributed by atoms with E-state index in [9.17, 15) is 26.7 Å². The van der Waals surface area contributed by atoms with Crippen LogP contribution in [0.3, 0.4) is 0 Å². The van der Waals surface area contributed by atoms with E-state index in [-0.39, 0.29) is 39.5 Å². The smallest absolute Gasteiger partial charge is 0.459 e. The Labute approximate surface area is 192 Å². The molecule has 8 nitrogen and oxygen atoms in total. The standard InChI is InChI=1S/C22H12F5N5O3/c1-34-12-4-2-11(3-5-12)14-8-16(21(23,24)22(25,26)27)29-19-13(14)6-7-17-30-18(15(9-33)32(17)19)20-31-28-10-35-20/h2-10H,1H3. The molecule has 5 rings (SSSR count). The SMILES string of the molecule is COc1ccc(-c2cc(C(F)(F)C(F)(F)F)nc3c2ccc2nc(-c4nnco4)c(C=O)n23)cc1. The maximum Gasteiger partial charge on any atom is 0.459 e. The van der Waals surface area contributed by atoms with Gasteiger partial charge in [0.1, 0.15) is 28.4 Å². The fourth-order valence-electron chi connectivity index (χ4n) is 3.68. The summed E-state index contributed by atoms with van der Waals surface area (Å²) in [6, 6.07) is 9.68. The highest BCUT2D eigenvalue weighted by atomic mass is 19.4. The van der Waals surface area contributed by atoms with Crippen LogP contribution in [0.5, 0.6) is 5.75 Å². The van der Waals surface area contributed by atoms with Crippen molar-refractivity contribution in [3.8, 4) is 28.5 Å². The molecular weight excluding hydrogens is 477 g/mol. The molecule has 1 aromatic carbocycles. The van der Waals surface area contributed by atoms with E-state index in [0.29, 0.717) is 23.7 Å². The highest BCUT2D eigenvalue weighted by Gasteiger charge is 2.60. The Bertz CT molecular complexity index is 1560. The van der Waals surface area contributed by atoms with Crippen molar-refractivity contribution >= 4 is 23.0 Å². The van der Waals surface area contributed by atoms with Crippen LogP contribution in [-0.4, -0.2) is 44.1 Å². The Morgan fingerprint density at radius 3 is 2.37 bits per heavy atom. The predicted octanol–water partition coefficient (Wildman–Crippen LogP) is 5.07. The van der Waals surface area contributed by atoms with Gasteiger partial charge in [0.15, 0.2) is 12.0 Å². The number of aromatic nitrogens is 5. The average Bonchev–Trinajstić information content (AvgIpc) is 3.50. The summed E-state index contributed by atoms with van der Waals surface area (Å²) in [7, 11) is 1.43. The quantitative estimate of drug-likeness (QED) is 0.251. The molecule has 0 N–H and O–H groups in total. The minimum Gasteiger partial charge on any atom is -0.497 e. The van der Waals surface area contributed by atoms with Crippen molar-refractivity contribution in [3.63, 3.8) is 0 Å². The molecule has 13 heteroatoms. The van der Waals surface area contributed by atoms with Gasteiger partial charge in [0.2, 0.25) is 6.39 Å². The van der Waals surface area contributed by atoms with Gasteiger partial charge in [0, 0.05) is 5.39 Å². The number of pyridine rings is 2. The van der Waals surface area contributed by atoms with Crippen molar-refractivity contribution in [2.75, 3.05) is 7.11 Å². The molecule has 0 fully saturated rings. The van der Waals surface area contributed by atoms with Gasteiger partial charge in [-0.1, -0.05) is 12.1 Å². The molecule has 5 aromatic rings. The van der Waals surface area contributed by atoms with Gasteiger partial charge in [-0.15, -0.1) is 10.2 Å². The first-order valence-corrected chi connectivity index (χ1v) is 9.83. The van der Waals surface area contributed by atoms with Gasteiger partial charge in [-0.05, 0) is 41.5 Å². The lowest BCUT2D eigenvalue weighted by atomic mass is 10.00. The maximum atomic E-state index is 14.5. The number of benzene rings is 1. The van der Waals surface area contributed by atoms with Crippen LogP contribution in [0.25, 0.3) is 39.4 Å². The number of methoxy groups -OCH3 is 1. The molecular formula is C22H12F5N5O3. The topological polar surface area (TPSA) is 95.4 Å². The minimum atomic E-state index is -5.91. The van der Waals surface area contributed by atoms with Crippen molar-refractivity contribution < 1.29 is 35.9 Å². The van der Waals surface area contributed by atoms with E-state index < -0.39 is 17.8 Å². The summed E-state index contributed by atoms with van der Waals surface area (Å²) in [6.45, 7) is 0. The number of hydrogen-bond donors (Lipinski definition) is 0. The normalized spacial score (nSPS) is 12.4.